The number of H-pyrrole nitrogens is 1. The van der Waals surface area contributed by atoms with Gasteiger partial charge in [-0.3, -0.25) is 9.89 Å². The molecule has 1 amide bonds. The van der Waals surface area contributed by atoms with E-state index >= 15 is 0 Å². The van der Waals surface area contributed by atoms with Crippen LogP contribution in [-0.4, -0.2) is 46.7 Å². The van der Waals surface area contributed by atoms with Crippen LogP contribution >= 0.6 is 0 Å². The van der Waals surface area contributed by atoms with Crippen LogP contribution in [0.2, 0.25) is 0 Å². The topological polar surface area (TPSA) is 70.2 Å². The van der Waals surface area contributed by atoms with Crippen LogP contribution in [0.25, 0.3) is 0 Å². The number of morpholine rings is 1. The lowest BCUT2D eigenvalue weighted by molar-refractivity contribution is -0.0693. The zero-order valence-corrected chi connectivity index (χ0v) is 13.8. The third-order valence-electron chi connectivity index (χ3n) is 4.73. The van der Waals surface area contributed by atoms with Crippen LogP contribution in [0.5, 0.6) is 0 Å². The maximum atomic E-state index is 13.0. The Balaban J connectivity index is 1.57. The number of hydrogen-bond acceptors (Lipinski definition) is 4. The van der Waals surface area contributed by atoms with E-state index in [0.717, 1.165) is 29.8 Å². The lowest BCUT2D eigenvalue weighted by atomic mass is 10.0. The molecule has 2 aliphatic heterocycles. The Labute approximate surface area is 141 Å². The Morgan fingerprint density at radius 3 is 2.96 bits per heavy atom. The molecule has 1 aromatic carbocycles. The van der Waals surface area contributed by atoms with Crippen LogP contribution in [-0.2, 0) is 17.7 Å². The first-order valence-corrected chi connectivity index (χ1v) is 8.49. The van der Waals surface area contributed by atoms with Crippen molar-refractivity contribution in [1.82, 2.24) is 20.4 Å². The summed E-state index contributed by atoms with van der Waals surface area (Å²) in [6.07, 6.45) is 0.800. The number of ether oxygens (including phenoxy) is 1. The van der Waals surface area contributed by atoms with E-state index in [9.17, 15) is 4.79 Å². The van der Waals surface area contributed by atoms with Gasteiger partial charge in [0.2, 0.25) is 0 Å². The third-order valence-corrected chi connectivity index (χ3v) is 4.73. The van der Waals surface area contributed by atoms with Crippen molar-refractivity contribution in [1.29, 1.82) is 0 Å². The fraction of sp³-hybridized carbons (Fsp3) is 0.444. The van der Waals surface area contributed by atoms with Gasteiger partial charge >= 0.3 is 0 Å². The predicted molar refractivity (Wildman–Crippen MR) is 89.6 cm³/mol. The maximum Gasteiger partial charge on any atom is 0.274 e. The highest BCUT2D eigenvalue weighted by atomic mass is 16.5. The summed E-state index contributed by atoms with van der Waals surface area (Å²) < 4.78 is 6.05. The molecule has 1 aromatic heterocycles. The Morgan fingerprint density at radius 1 is 1.29 bits per heavy atom. The van der Waals surface area contributed by atoms with Gasteiger partial charge in [-0.05, 0) is 12.5 Å². The molecule has 0 aliphatic carbocycles. The van der Waals surface area contributed by atoms with E-state index in [0.29, 0.717) is 25.3 Å². The molecule has 4 rings (SSSR count). The molecule has 6 nitrogen and oxygen atoms in total. The van der Waals surface area contributed by atoms with Gasteiger partial charge in [0.05, 0.1) is 12.6 Å². The molecule has 126 valence electrons. The molecule has 2 unspecified atom stereocenters. The van der Waals surface area contributed by atoms with Gasteiger partial charge in [-0.25, -0.2) is 0 Å². The van der Waals surface area contributed by atoms with Crippen LogP contribution < -0.4 is 5.32 Å². The highest BCUT2D eigenvalue weighted by molar-refractivity contribution is 5.94. The monoisotopic (exact) mass is 326 g/mol. The number of nitrogens with zero attached hydrogens (tertiary/aromatic N) is 2. The van der Waals surface area contributed by atoms with Crippen LogP contribution in [0.1, 0.15) is 40.3 Å². The number of rotatable bonds is 2. The number of aromatic amines is 1. The van der Waals surface area contributed by atoms with Crippen LogP contribution in [0.15, 0.2) is 30.3 Å². The maximum absolute atomic E-state index is 13.0. The molecule has 2 aromatic rings. The summed E-state index contributed by atoms with van der Waals surface area (Å²) in [5, 5.41) is 10.6. The first-order valence-electron chi connectivity index (χ1n) is 8.49. The van der Waals surface area contributed by atoms with E-state index < -0.39 is 0 Å². The largest absolute Gasteiger partial charge is 0.367 e. The second-order valence-electron chi connectivity index (χ2n) is 6.51. The van der Waals surface area contributed by atoms with Crippen molar-refractivity contribution < 1.29 is 9.53 Å². The van der Waals surface area contributed by atoms with Crippen LogP contribution in [0.3, 0.4) is 0 Å². The molecular weight excluding hydrogens is 304 g/mol. The minimum Gasteiger partial charge on any atom is -0.367 e. The lowest BCUT2D eigenvalue weighted by Gasteiger charge is -2.37. The third kappa shape index (κ3) is 2.83. The van der Waals surface area contributed by atoms with Crippen molar-refractivity contribution in [2.75, 3.05) is 19.6 Å². The molecule has 1 fully saturated rings. The molecule has 0 bridgehead atoms. The molecule has 6 heteroatoms. The highest BCUT2D eigenvalue weighted by Crippen LogP contribution is 2.27. The Hall–Kier alpha value is -2.18. The first-order chi connectivity index (χ1) is 11.7. The second kappa shape index (κ2) is 6.37. The molecule has 3 heterocycles. The minimum atomic E-state index is -0.0909. The van der Waals surface area contributed by atoms with Crippen LogP contribution in [0, 0.1) is 0 Å². The van der Waals surface area contributed by atoms with Gasteiger partial charge in [0.25, 0.3) is 5.91 Å². The van der Waals surface area contributed by atoms with Gasteiger partial charge in [0.1, 0.15) is 6.10 Å². The van der Waals surface area contributed by atoms with Gasteiger partial charge in [-0.1, -0.05) is 30.3 Å². The fourth-order valence-electron chi connectivity index (χ4n) is 3.52. The van der Waals surface area contributed by atoms with Crippen molar-refractivity contribution in [3.8, 4) is 0 Å². The molecule has 2 atom stereocenters. The summed E-state index contributed by atoms with van der Waals surface area (Å²) >= 11 is 0. The summed E-state index contributed by atoms with van der Waals surface area (Å²) in [7, 11) is 0. The number of nitrogens with one attached hydrogen (secondary N) is 2. The zero-order valence-electron chi connectivity index (χ0n) is 13.8. The average Bonchev–Trinajstić information content (AvgIpc) is 3.05. The molecule has 2 aliphatic rings. The van der Waals surface area contributed by atoms with Crippen molar-refractivity contribution >= 4 is 5.91 Å². The summed E-state index contributed by atoms with van der Waals surface area (Å²) in [5.74, 6) is -0.00715. The van der Waals surface area contributed by atoms with Crippen molar-refractivity contribution in [3.05, 3.63) is 52.8 Å². The van der Waals surface area contributed by atoms with E-state index in [-0.39, 0.29) is 18.1 Å². The number of carbonyl (C=O) groups excluding carboxylic acids is 1. The van der Waals surface area contributed by atoms with E-state index in [2.05, 4.69) is 15.5 Å². The standard InChI is InChI=1S/C18H22N4O2/c1-12-10-22(11-16(24-12)13-5-3-2-4-6-13)18(23)17-14-9-19-8-7-15(14)20-21-17/h2-6,12,16,19H,7-11H2,1H3,(H,20,21). The number of carbonyl (C=O) groups is 1. The molecular formula is C18H22N4O2. The Bertz CT molecular complexity index is 728. The second-order valence-corrected chi connectivity index (χ2v) is 6.51. The molecule has 2 N–H and O–H groups in total. The smallest absolute Gasteiger partial charge is 0.274 e. The van der Waals surface area contributed by atoms with Gasteiger partial charge < -0.3 is 15.0 Å². The van der Waals surface area contributed by atoms with Gasteiger partial charge in [-0.2, -0.15) is 5.10 Å². The first kappa shape index (κ1) is 15.4. The number of aromatic nitrogens is 2. The quantitative estimate of drug-likeness (QED) is 0.880. The molecule has 0 spiro atoms. The van der Waals surface area contributed by atoms with E-state index in [1.165, 1.54) is 0 Å². The number of benzene rings is 1. The SMILES string of the molecule is CC1CN(C(=O)c2n[nH]c3c2CNCC3)CC(c2ccccc2)O1. The molecule has 0 radical (unpaired) electrons. The Morgan fingerprint density at radius 2 is 2.12 bits per heavy atom. The summed E-state index contributed by atoms with van der Waals surface area (Å²) in [6.45, 7) is 4.79. The van der Waals surface area contributed by atoms with E-state index in [1.807, 2.05) is 42.2 Å². The van der Waals surface area contributed by atoms with Gasteiger partial charge in [-0.15, -0.1) is 0 Å². The molecule has 1 saturated heterocycles. The highest BCUT2D eigenvalue weighted by Gasteiger charge is 2.32. The van der Waals surface area contributed by atoms with Crippen molar-refractivity contribution in [2.24, 2.45) is 0 Å². The number of fused-ring (bicyclic) bond motifs is 1. The molecule has 24 heavy (non-hydrogen) atoms. The minimum absolute atomic E-state index is 0.000740. The van der Waals surface area contributed by atoms with Crippen molar-refractivity contribution in [3.63, 3.8) is 0 Å². The van der Waals surface area contributed by atoms with E-state index in [4.69, 9.17) is 4.74 Å². The van der Waals surface area contributed by atoms with Gasteiger partial charge in [0, 0.05) is 37.3 Å². The number of hydrogen-bond donors (Lipinski definition) is 2. The predicted octanol–water partition coefficient (Wildman–Crippen LogP) is 1.66. The summed E-state index contributed by atoms with van der Waals surface area (Å²) in [6, 6.07) is 10.1. The number of amides is 1. The zero-order chi connectivity index (χ0) is 16.5. The van der Waals surface area contributed by atoms with E-state index in [1.54, 1.807) is 0 Å². The normalized spacial score (nSPS) is 23.8. The molecule has 0 saturated carbocycles. The van der Waals surface area contributed by atoms with Gasteiger partial charge in [0.15, 0.2) is 5.69 Å². The Kier molecular flexibility index (Phi) is 4.08. The van der Waals surface area contributed by atoms with Crippen LogP contribution in [0.4, 0.5) is 0 Å². The summed E-state index contributed by atoms with van der Waals surface area (Å²) in [4.78, 5) is 14.9. The summed E-state index contributed by atoms with van der Waals surface area (Å²) in [5.41, 5.74) is 3.75. The lowest BCUT2D eigenvalue weighted by Crippen LogP contribution is -2.46. The van der Waals surface area contributed by atoms with Crippen molar-refractivity contribution in [2.45, 2.75) is 32.1 Å². The average molecular weight is 326 g/mol. The fourth-order valence-corrected chi connectivity index (χ4v) is 3.52.